The predicted molar refractivity (Wildman–Crippen MR) is 76.8 cm³/mol. The number of fused-ring (bicyclic) bond motifs is 3. The standard InChI is InChI=1S/C16H13NO2/c1-2-17-15-8-7-11(10-18)9-14(15)12-5-3-4-6-13(12)16(17)19/h3-10H,2H2,1H3. The fourth-order valence-electron chi connectivity index (χ4n) is 2.55. The number of hydrogen-bond acceptors (Lipinski definition) is 2. The summed E-state index contributed by atoms with van der Waals surface area (Å²) in [6.07, 6.45) is 0.829. The van der Waals surface area contributed by atoms with Crippen LogP contribution >= 0.6 is 0 Å². The van der Waals surface area contributed by atoms with Gasteiger partial charge >= 0.3 is 0 Å². The lowest BCUT2D eigenvalue weighted by molar-refractivity contribution is 0.112. The Kier molecular flexibility index (Phi) is 2.67. The molecule has 0 aliphatic rings. The number of carbonyl (C=O) groups excluding carboxylic acids is 1. The van der Waals surface area contributed by atoms with Crippen LogP contribution in [0, 0.1) is 0 Å². The van der Waals surface area contributed by atoms with Crippen LogP contribution in [0.15, 0.2) is 47.3 Å². The molecule has 0 N–H and O–H groups in total. The molecule has 0 radical (unpaired) electrons. The van der Waals surface area contributed by atoms with Crippen LogP contribution in [0.2, 0.25) is 0 Å². The molecule has 0 aliphatic carbocycles. The van der Waals surface area contributed by atoms with Gasteiger partial charge in [0.25, 0.3) is 5.56 Å². The minimum absolute atomic E-state index is 0.0180. The zero-order chi connectivity index (χ0) is 13.4. The highest BCUT2D eigenvalue weighted by Gasteiger charge is 2.09. The van der Waals surface area contributed by atoms with Gasteiger partial charge in [0.1, 0.15) is 6.29 Å². The van der Waals surface area contributed by atoms with Gasteiger partial charge in [-0.15, -0.1) is 0 Å². The molecule has 3 aromatic rings. The molecule has 3 rings (SSSR count). The second-order valence-electron chi connectivity index (χ2n) is 4.49. The Morgan fingerprint density at radius 1 is 1.05 bits per heavy atom. The first-order valence-electron chi connectivity index (χ1n) is 6.26. The molecule has 0 saturated heterocycles. The monoisotopic (exact) mass is 251 g/mol. The van der Waals surface area contributed by atoms with Gasteiger partial charge in [-0.1, -0.05) is 18.2 Å². The first kappa shape index (κ1) is 11.7. The Morgan fingerprint density at radius 3 is 2.47 bits per heavy atom. The van der Waals surface area contributed by atoms with Crippen LogP contribution in [0.4, 0.5) is 0 Å². The molecule has 0 unspecified atom stereocenters. The summed E-state index contributed by atoms with van der Waals surface area (Å²) in [6.45, 7) is 2.56. The zero-order valence-corrected chi connectivity index (χ0v) is 10.6. The van der Waals surface area contributed by atoms with Gasteiger partial charge in [-0.2, -0.15) is 0 Å². The van der Waals surface area contributed by atoms with Crippen molar-refractivity contribution in [2.45, 2.75) is 13.5 Å². The first-order chi connectivity index (χ1) is 9.26. The number of aldehydes is 1. The molecule has 0 fully saturated rings. The van der Waals surface area contributed by atoms with Crippen molar-refractivity contribution in [1.82, 2.24) is 4.57 Å². The number of nitrogens with zero attached hydrogens (tertiary/aromatic N) is 1. The van der Waals surface area contributed by atoms with Crippen molar-refractivity contribution < 1.29 is 4.79 Å². The van der Waals surface area contributed by atoms with Crippen LogP contribution in [-0.2, 0) is 6.54 Å². The Hall–Kier alpha value is -2.42. The lowest BCUT2D eigenvalue weighted by Gasteiger charge is -2.11. The predicted octanol–water partition coefficient (Wildman–Crippen LogP) is 2.99. The molecule has 0 saturated carbocycles. The third kappa shape index (κ3) is 1.66. The Balaban J connectivity index is 2.63. The SMILES string of the molecule is CCn1c(=O)c2ccccc2c2cc(C=O)ccc21. The molecule has 1 heterocycles. The highest BCUT2D eigenvalue weighted by atomic mass is 16.1. The van der Waals surface area contributed by atoms with Crippen LogP contribution in [0.5, 0.6) is 0 Å². The second kappa shape index (κ2) is 4.35. The molecule has 0 bridgehead atoms. The van der Waals surface area contributed by atoms with E-state index in [-0.39, 0.29) is 5.56 Å². The van der Waals surface area contributed by atoms with E-state index in [2.05, 4.69) is 0 Å². The molecule has 0 aliphatic heterocycles. The van der Waals surface area contributed by atoms with E-state index >= 15 is 0 Å². The number of aryl methyl sites for hydroxylation is 1. The zero-order valence-electron chi connectivity index (χ0n) is 10.6. The maximum atomic E-state index is 12.4. The molecule has 94 valence electrons. The number of benzene rings is 2. The summed E-state index contributed by atoms with van der Waals surface area (Å²) in [4.78, 5) is 23.4. The van der Waals surface area contributed by atoms with E-state index in [1.54, 1.807) is 10.6 Å². The van der Waals surface area contributed by atoms with Crippen LogP contribution in [0.1, 0.15) is 17.3 Å². The van der Waals surface area contributed by atoms with Crippen molar-refractivity contribution in [2.24, 2.45) is 0 Å². The molecule has 2 aromatic carbocycles. The Morgan fingerprint density at radius 2 is 1.79 bits per heavy atom. The van der Waals surface area contributed by atoms with Crippen molar-refractivity contribution in [2.75, 3.05) is 0 Å². The topological polar surface area (TPSA) is 39.1 Å². The molecular formula is C16H13NO2. The third-order valence-electron chi connectivity index (χ3n) is 3.46. The van der Waals surface area contributed by atoms with E-state index in [1.807, 2.05) is 43.3 Å². The fraction of sp³-hybridized carbons (Fsp3) is 0.125. The van der Waals surface area contributed by atoms with Gasteiger partial charge in [-0.05, 0) is 36.6 Å². The van der Waals surface area contributed by atoms with Crippen molar-refractivity contribution in [3.05, 3.63) is 58.4 Å². The number of hydrogen-bond donors (Lipinski definition) is 0. The van der Waals surface area contributed by atoms with Crippen molar-refractivity contribution in [3.8, 4) is 0 Å². The summed E-state index contributed by atoms with van der Waals surface area (Å²) >= 11 is 0. The molecule has 1 aromatic heterocycles. The average Bonchev–Trinajstić information content (AvgIpc) is 2.47. The van der Waals surface area contributed by atoms with E-state index in [4.69, 9.17) is 0 Å². The lowest BCUT2D eigenvalue weighted by atomic mass is 10.0. The number of aromatic nitrogens is 1. The lowest BCUT2D eigenvalue weighted by Crippen LogP contribution is -2.19. The number of pyridine rings is 1. The molecule has 19 heavy (non-hydrogen) atoms. The fourth-order valence-corrected chi connectivity index (χ4v) is 2.55. The average molecular weight is 251 g/mol. The Labute approximate surface area is 110 Å². The normalized spacial score (nSPS) is 11.0. The molecule has 0 amide bonds. The van der Waals surface area contributed by atoms with Gasteiger partial charge in [-0.3, -0.25) is 9.59 Å². The minimum Gasteiger partial charge on any atom is -0.308 e. The van der Waals surface area contributed by atoms with Gasteiger partial charge < -0.3 is 4.57 Å². The van der Waals surface area contributed by atoms with Crippen LogP contribution in [0.3, 0.4) is 0 Å². The summed E-state index contributed by atoms with van der Waals surface area (Å²) in [5, 5.41) is 2.54. The highest BCUT2D eigenvalue weighted by Crippen LogP contribution is 2.23. The summed E-state index contributed by atoms with van der Waals surface area (Å²) in [5.74, 6) is 0. The molecule has 3 nitrogen and oxygen atoms in total. The quantitative estimate of drug-likeness (QED) is 0.519. The third-order valence-corrected chi connectivity index (χ3v) is 3.46. The Bertz CT molecular complexity index is 846. The maximum Gasteiger partial charge on any atom is 0.258 e. The highest BCUT2D eigenvalue weighted by molar-refractivity contribution is 6.06. The van der Waals surface area contributed by atoms with Gasteiger partial charge in [0.15, 0.2) is 0 Å². The summed E-state index contributed by atoms with van der Waals surface area (Å²) in [5.41, 5.74) is 1.51. The largest absolute Gasteiger partial charge is 0.308 e. The number of rotatable bonds is 2. The van der Waals surface area contributed by atoms with E-state index in [9.17, 15) is 9.59 Å². The molecule has 3 heteroatoms. The smallest absolute Gasteiger partial charge is 0.258 e. The van der Waals surface area contributed by atoms with Crippen LogP contribution < -0.4 is 5.56 Å². The van der Waals surface area contributed by atoms with Crippen LogP contribution in [0.25, 0.3) is 21.7 Å². The van der Waals surface area contributed by atoms with E-state index in [0.717, 1.165) is 22.6 Å². The van der Waals surface area contributed by atoms with Crippen molar-refractivity contribution >= 4 is 28.0 Å². The number of carbonyl (C=O) groups is 1. The van der Waals surface area contributed by atoms with Gasteiger partial charge in [-0.25, -0.2) is 0 Å². The van der Waals surface area contributed by atoms with E-state index in [0.29, 0.717) is 17.5 Å². The van der Waals surface area contributed by atoms with Crippen molar-refractivity contribution in [3.63, 3.8) is 0 Å². The molecule has 0 atom stereocenters. The summed E-state index contributed by atoms with van der Waals surface area (Å²) < 4.78 is 1.74. The first-order valence-corrected chi connectivity index (χ1v) is 6.26. The molecular weight excluding hydrogens is 238 g/mol. The van der Waals surface area contributed by atoms with Crippen LogP contribution in [-0.4, -0.2) is 10.9 Å². The van der Waals surface area contributed by atoms with Gasteiger partial charge in [0.05, 0.1) is 5.52 Å². The summed E-state index contributed by atoms with van der Waals surface area (Å²) in [6, 6.07) is 13.0. The van der Waals surface area contributed by atoms with Gasteiger partial charge in [0, 0.05) is 22.9 Å². The second-order valence-corrected chi connectivity index (χ2v) is 4.49. The minimum atomic E-state index is 0.0180. The van der Waals surface area contributed by atoms with E-state index < -0.39 is 0 Å². The van der Waals surface area contributed by atoms with E-state index in [1.165, 1.54) is 0 Å². The van der Waals surface area contributed by atoms with Crippen molar-refractivity contribution in [1.29, 1.82) is 0 Å². The maximum absolute atomic E-state index is 12.4. The van der Waals surface area contributed by atoms with Gasteiger partial charge in [0.2, 0.25) is 0 Å². The summed E-state index contributed by atoms with van der Waals surface area (Å²) in [7, 11) is 0. The molecule has 0 spiro atoms.